The van der Waals surface area contributed by atoms with Gasteiger partial charge in [-0.15, -0.1) is 0 Å². The average molecular weight is 473 g/mol. The molecule has 0 radical (unpaired) electrons. The molecule has 3 aromatic carbocycles. The number of hydrogen-bond acceptors (Lipinski definition) is 4. The zero-order chi connectivity index (χ0) is 25.0. The number of anilines is 1. The van der Waals surface area contributed by atoms with Crippen molar-refractivity contribution in [2.75, 3.05) is 18.5 Å². The maximum atomic E-state index is 12.5. The number of carboxylic acid groups (broad SMARTS) is 1. The van der Waals surface area contributed by atoms with Crippen molar-refractivity contribution in [2.45, 2.75) is 26.2 Å². The molecule has 0 heterocycles. The van der Waals surface area contributed by atoms with Crippen LogP contribution in [0.5, 0.6) is 0 Å². The standard InChI is InChI=1S/C28H28N2O5/c1-28(2,26(32)33)17-29-25(31)15-18-8-7-9-19(14-18)30-27(34)35-16-24-22-12-5-3-10-20(22)21-11-4-6-13-23(21)24/h3-14,24H,15-17H2,1-2H3,(H,29,31)(H,30,34)(H,32,33). The fourth-order valence-corrected chi connectivity index (χ4v) is 4.15. The molecule has 0 unspecified atom stereocenters. The van der Waals surface area contributed by atoms with Crippen LogP contribution in [0.3, 0.4) is 0 Å². The van der Waals surface area contributed by atoms with E-state index in [9.17, 15) is 19.5 Å². The Bertz CT molecular complexity index is 1220. The number of carbonyl (C=O) groups excluding carboxylic acids is 2. The minimum absolute atomic E-state index is 0.0266. The summed E-state index contributed by atoms with van der Waals surface area (Å²) in [6.07, 6.45) is -0.507. The Kier molecular flexibility index (Phi) is 6.87. The largest absolute Gasteiger partial charge is 0.481 e. The summed E-state index contributed by atoms with van der Waals surface area (Å²) < 4.78 is 5.58. The third kappa shape index (κ3) is 5.51. The SMILES string of the molecule is CC(C)(CNC(=O)Cc1cccc(NC(=O)OCC2c3ccccc3-c3ccccc32)c1)C(=O)O. The van der Waals surface area contributed by atoms with Crippen LogP contribution in [-0.4, -0.2) is 36.2 Å². The molecule has 0 fully saturated rings. The van der Waals surface area contributed by atoms with E-state index in [0.29, 0.717) is 11.3 Å². The van der Waals surface area contributed by atoms with Crippen LogP contribution in [0.15, 0.2) is 72.8 Å². The molecule has 2 amide bonds. The highest BCUT2D eigenvalue weighted by Gasteiger charge is 2.29. The molecule has 4 rings (SSSR count). The lowest BCUT2D eigenvalue weighted by molar-refractivity contribution is -0.146. The van der Waals surface area contributed by atoms with Crippen LogP contribution in [0.1, 0.15) is 36.5 Å². The topological polar surface area (TPSA) is 105 Å². The summed E-state index contributed by atoms with van der Waals surface area (Å²) in [5.41, 5.74) is 4.75. The first kappa shape index (κ1) is 24.0. The zero-order valence-electron chi connectivity index (χ0n) is 19.7. The molecule has 180 valence electrons. The lowest BCUT2D eigenvalue weighted by Gasteiger charge is -2.19. The van der Waals surface area contributed by atoms with E-state index in [4.69, 9.17) is 4.74 Å². The van der Waals surface area contributed by atoms with Crippen molar-refractivity contribution in [2.24, 2.45) is 5.41 Å². The van der Waals surface area contributed by atoms with Crippen LogP contribution in [0.25, 0.3) is 11.1 Å². The van der Waals surface area contributed by atoms with Gasteiger partial charge in [0.2, 0.25) is 5.91 Å². The van der Waals surface area contributed by atoms with E-state index in [2.05, 4.69) is 34.9 Å². The summed E-state index contributed by atoms with van der Waals surface area (Å²) >= 11 is 0. The first-order valence-electron chi connectivity index (χ1n) is 11.5. The van der Waals surface area contributed by atoms with Crippen molar-refractivity contribution >= 4 is 23.7 Å². The number of rotatable bonds is 8. The second kappa shape index (κ2) is 10.0. The van der Waals surface area contributed by atoms with Gasteiger partial charge in [-0.05, 0) is 53.8 Å². The fraction of sp³-hybridized carbons (Fsp3) is 0.250. The smallest absolute Gasteiger partial charge is 0.411 e. The number of aliphatic carboxylic acids is 1. The first-order valence-corrected chi connectivity index (χ1v) is 11.5. The maximum absolute atomic E-state index is 12.5. The van der Waals surface area contributed by atoms with Crippen molar-refractivity contribution in [3.8, 4) is 11.1 Å². The van der Waals surface area contributed by atoms with E-state index in [1.54, 1.807) is 38.1 Å². The lowest BCUT2D eigenvalue weighted by Crippen LogP contribution is -2.39. The van der Waals surface area contributed by atoms with E-state index in [1.165, 1.54) is 0 Å². The number of carbonyl (C=O) groups is 3. The second-order valence-electron chi connectivity index (χ2n) is 9.29. The van der Waals surface area contributed by atoms with E-state index in [1.807, 2.05) is 24.3 Å². The highest BCUT2D eigenvalue weighted by atomic mass is 16.5. The van der Waals surface area contributed by atoms with Gasteiger partial charge in [-0.1, -0.05) is 60.7 Å². The van der Waals surface area contributed by atoms with E-state index in [0.717, 1.165) is 22.3 Å². The molecule has 35 heavy (non-hydrogen) atoms. The Morgan fingerprint density at radius 1 is 0.914 bits per heavy atom. The number of hydrogen-bond donors (Lipinski definition) is 3. The number of ether oxygens (including phenoxy) is 1. The molecule has 0 spiro atoms. The van der Waals surface area contributed by atoms with Crippen molar-refractivity contribution in [1.29, 1.82) is 0 Å². The molecule has 0 aromatic heterocycles. The van der Waals surface area contributed by atoms with Gasteiger partial charge in [0.15, 0.2) is 0 Å². The van der Waals surface area contributed by atoms with Crippen molar-refractivity contribution in [3.05, 3.63) is 89.5 Å². The van der Waals surface area contributed by atoms with Crippen LogP contribution in [0, 0.1) is 5.41 Å². The summed E-state index contributed by atoms with van der Waals surface area (Å²) in [5.74, 6) is -1.30. The fourth-order valence-electron chi connectivity index (χ4n) is 4.15. The van der Waals surface area contributed by atoms with Gasteiger partial charge in [0.1, 0.15) is 6.61 Å². The third-order valence-corrected chi connectivity index (χ3v) is 6.19. The molecular weight excluding hydrogens is 444 g/mol. The van der Waals surface area contributed by atoms with Crippen molar-refractivity contribution < 1.29 is 24.2 Å². The van der Waals surface area contributed by atoms with Gasteiger partial charge in [-0.3, -0.25) is 14.9 Å². The summed E-state index contributed by atoms with van der Waals surface area (Å²) in [5, 5.41) is 14.5. The van der Waals surface area contributed by atoms with E-state index < -0.39 is 17.5 Å². The maximum Gasteiger partial charge on any atom is 0.411 e. The lowest BCUT2D eigenvalue weighted by atomic mass is 9.94. The highest BCUT2D eigenvalue weighted by Crippen LogP contribution is 2.44. The normalized spacial score (nSPS) is 12.4. The summed E-state index contributed by atoms with van der Waals surface area (Å²) in [6.45, 7) is 3.34. The minimum atomic E-state index is -1.05. The second-order valence-corrected chi connectivity index (χ2v) is 9.29. The Hall–Kier alpha value is -4.13. The van der Waals surface area contributed by atoms with Gasteiger partial charge in [-0.2, -0.15) is 0 Å². The Labute approximate surface area is 204 Å². The number of benzene rings is 3. The van der Waals surface area contributed by atoms with Crippen molar-refractivity contribution in [1.82, 2.24) is 5.32 Å². The molecule has 0 saturated heterocycles. The molecule has 3 N–H and O–H groups in total. The number of carboxylic acids is 1. The summed E-state index contributed by atoms with van der Waals surface area (Å²) in [4.78, 5) is 36.0. The van der Waals surface area contributed by atoms with Gasteiger partial charge in [0.05, 0.1) is 11.8 Å². The molecule has 0 saturated carbocycles. The van der Waals surface area contributed by atoms with Crippen LogP contribution in [0.4, 0.5) is 10.5 Å². The molecule has 1 aliphatic rings. The zero-order valence-corrected chi connectivity index (χ0v) is 19.7. The molecule has 0 atom stereocenters. The molecule has 7 nitrogen and oxygen atoms in total. The quantitative estimate of drug-likeness (QED) is 0.436. The van der Waals surface area contributed by atoms with Gasteiger partial charge < -0.3 is 15.2 Å². The van der Waals surface area contributed by atoms with Crippen LogP contribution in [-0.2, 0) is 20.7 Å². The summed E-state index contributed by atoms with van der Waals surface area (Å²) in [6, 6.07) is 23.2. The first-order chi connectivity index (χ1) is 16.7. The number of fused-ring (bicyclic) bond motifs is 3. The van der Waals surface area contributed by atoms with Gasteiger partial charge in [-0.25, -0.2) is 4.79 Å². The third-order valence-electron chi connectivity index (χ3n) is 6.19. The Morgan fingerprint density at radius 3 is 2.17 bits per heavy atom. The monoisotopic (exact) mass is 472 g/mol. The van der Waals surface area contributed by atoms with Gasteiger partial charge >= 0.3 is 12.1 Å². The Balaban J connectivity index is 1.34. The predicted octanol–water partition coefficient (Wildman–Crippen LogP) is 4.82. The molecule has 1 aliphatic carbocycles. The van der Waals surface area contributed by atoms with Gasteiger partial charge in [0, 0.05) is 18.2 Å². The van der Waals surface area contributed by atoms with Crippen LogP contribution < -0.4 is 10.6 Å². The molecular formula is C28H28N2O5. The molecule has 0 aliphatic heterocycles. The molecule has 3 aromatic rings. The number of amides is 2. The van der Waals surface area contributed by atoms with Crippen LogP contribution in [0.2, 0.25) is 0 Å². The van der Waals surface area contributed by atoms with Crippen LogP contribution >= 0.6 is 0 Å². The average Bonchev–Trinajstić information content (AvgIpc) is 3.15. The summed E-state index contributed by atoms with van der Waals surface area (Å²) in [7, 11) is 0. The minimum Gasteiger partial charge on any atom is -0.481 e. The predicted molar refractivity (Wildman–Crippen MR) is 133 cm³/mol. The highest BCUT2D eigenvalue weighted by molar-refractivity contribution is 5.86. The van der Waals surface area contributed by atoms with Gasteiger partial charge in [0.25, 0.3) is 0 Å². The number of nitrogens with one attached hydrogen (secondary N) is 2. The Morgan fingerprint density at radius 2 is 1.54 bits per heavy atom. The van der Waals surface area contributed by atoms with E-state index in [-0.39, 0.29) is 31.4 Å². The molecule has 7 heteroatoms. The molecule has 0 bridgehead atoms. The van der Waals surface area contributed by atoms with Crippen molar-refractivity contribution in [3.63, 3.8) is 0 Å². The van der Waals surface area contributed by atoms with E-state index >= 15 is 0 Å².